The predicted octanol–water partition coefficient (Wildman–Crippen LogP) is 1.94. The predicted molar refractivity (Wildman–Crippen MR) is 95.5 cm³/mol. The highest BCUT2D eigenvalue weighted by molar-refractivity contribution is 7.09. The van der Waals surface area contributed by atoms with Crippen LogP contribution in [0.5, 0.6) is 0 Å². The van der Waals surface area contributed by atoms with Gasteiger partial charge in [0.2, 0.25) is 5.91 Å². The number of carboxylic acids is 1. The van der Waals surface area contributed by atoms with Gasteiger partial charge < -0.3 is 15.7 Å². The first-order valence-electron chi connectivity index (χ1n) is 8.25. The van der Waals surface area contributed by atoms with Gasteiger partial charge in [-0.25, -0.2) is 4.98 Å². The summed E-state index contributed by atoms with van der Waals surface area (Å²) in [5.74, 6) is -1.35. The Bertz CT molecular complexity index is 815. The van der Waals surface area contributed by atoms with Gasteiger partial charge in [-0.3, -0.25) is 14.4 Å². The number of carboxylic acid groups (broad SMARTS) is 1. The largest absolute Gasteiger partial charge is 0.481 e. The van der Waals surface area contributed by atoms with Gasteiger partial charge in [0.05, 0.1) is 24.2 Å². The fraction of sp³-hybridized carbons (Fsp3) is 0.333. The highest BCUT2D eigenvalue weighted by atomic mass is 32.1. The van der Waals surface area contributed by atoms with E-state index in [1.807, 2.05) is 11.4 Å². The molecule has 136 valence electrons. The van der Waals surface area contributed by atoms with E-state index in [0.717, 1.165) is 5.01 Å². The van der Waals surface area contributed by atoms with Gasteiger partial charge >= 0.3 is 5.97 Å². The molecule has 0 unspecified atom stereocenters. The first-order valence-corrected chi connectivity index (χ1v) is 9.13. The van der Waals surface area contributed by atoms with Gasteiger partial charge in [0.1, 0.15) is 5.01 Å². The molecule has 1 aromatic heterocycles. The zero-order valence-corrected chi connectivity index (χ0v) is 14.8. The van der Waals surface area contributed by atoms with E-state index in [9.17, 15) is 14.4 Å². The number of hydrogen-bond donors (Lipinski definition) is 3. The van der Waals surface area contributed by atoms with Crippen LogP contribution in [-0.4, -0.2) is 27.9 Å². The minimum Gasteiger partial charge on any atom is -0.481 e. The summed E-state index contributed by atoms with van der Waals surface area (Å²) in [6.07, 6.45) is 1.11. The Hall–Kier alpha value is -2.74. The summed E-state index contributed by atoms with van der Waals surface area (Å²) >= 11 is 1.40. The average molecular weight is 373 g/mol. The fourth-order valence-corrected chi connectivity index (χ4v) is 3.27. The fourth-order valence-electron chi connectivity index (χ4n) is 2.53. The Morgan fingerprint density at radius 3 is 2.50 bits per heavy atom. The smallest absolute Gasteiger partial charge is 0.310 e. The molecule has 0 radical (unpaired) electrons. The van der Waals surface area contributed by atoms with E-state index >= 15 is 0 Å². The van der Waals surface area contributed by atoms with Crippen molar-refractivity contribution < 1.29 is 19.5 Å². The lowest BCUT2D eigenvalue weighted by atomic mass is 10.0. The molecule has 2 amide bonds. The van der Waals surface area contributed by atoms with Crippen molar-refractivity contribution >= 4 is 29.1 Å². The maximum Gasteiger partial charge on any atom is 0.310 e. The molecule has 0 aliphatic heterocycles. The molecule has 1 aliphatic carbocycles. The highest BCUT2D eigenvalue weighted by Crippen LogP contribution is 2.48. The van der Waals surface area contributed by atoms with E-state index in [2.05, 4.69) is 15.6 Å². The Morgan fingerprint density at radius 2 is 1.85 bits per heavy atom. The van der Waals surface area contributed by atoms with Crippen molar-refractivity contribution in [3.63, 3.8) is 0 Å². The van der Waals surface area contributed by atoms with Crippen LogP contribution >= 0.6 is 11.3 Å². The van der Waals surface area contributed by atoms with Crippen LogP contribution in [0.4, 0.5) is 0 Å². The molecule has 26 heavy (non-hydrogen) atoms. The summed E-state index contributed by atoms with van der Waals surface area (Å²) in [4.78, 5) is 39.4. The number of benzene rings is 1. The molecule has 2 aromatic rings. The summed E-state index contributed by atoms with van der Waals surface area (Å²) in [5.41, 5.74) is 0.412. The second kappa shape index (κ2) is 7.65. The average Bonchev–Trinajstić information content (AvgIpc) is 3.28. The molecule has 0 spiro atoms. The zero-order valence-electron chi connectivity index (χ0n) is 14.0. The first kappa shape index (κ1) is 18.1. The van der Waals surface area contributed by atoms with Gasteiger partial charge in [-0.05, 0) is 25.0 Å². The van der Waals surface area contributed by atoms with Crippen LogP contribution in [0.3, 0.4) is 0 Å². The minimum atomic E-state index is -0.905. The molecule has 8 heteroatoms. The van der Waals surface area contributed by atoms with Crippen LogP contribution in [0, 0.1) is 5.41 Å². The molecule has 1 saturated carbocycles. The minimum absolute atomic E-state index is 0.00641. The molecule has 1 aliphatic rings. The summed E-state index contributed by atoms with van der Waals surface area (Å²) in [7, 11) is 0. The van der Waals surface area contributed by atoms with E-state index in [0.29, 0.717) is 30.6 Å². The Kier molecular flexibility index (Phi) is 5.32. The summed E-state index contributed by atoms with van der Waals surface area (Å²) in [6, 6.07) is 8.92. The Labute approximate surface area is 154 Å². The topological polar surface area (TPSA) is 108 Å². The molecule has 1 heterocycles. The number of aromatic nitrogens is 1. The normalized spacial score (nSPS) is 14.5. The van der Waals surface area contributed by atoms with Crippen LogP contribution in [0.25, 0.3) is 0 Å². The van der Waals surface area contributed by atoms with E-state index < -0.39 is 11.4 Å². The highest BCUT2D eigenvalue weighted by Gasteiger charge is 2.51. The van der Waals surface area contributed by atoms with Crippen LogP contribution in [0.2, 0.25) is 0 Å². The second-order valence-corrected chi connectivity index (χ2v) is 7.26. The molecular weight excluding hydrogens is 354 g/mol. The van der Waals surface area contributed by atoms with Gasteiger partial charge in [-0.1, -0.05) is 18.2 Å². The van der Waals surface area contributed by atoms with Crippen molar-refractivity contribution in [3.05, 3.63) is 52.0 Å². The molecular formula is C18H19N3O4S. The number of carbonyl (C=O) groups excluding carboxylic acids is 2. The second-order valence-electron chi connectivity index (χ2n) is 6.32. The number of carbonyl (C=O) groups is 3. The van der Waals surface area contributed by atoms with Crippen molar-refractivity contribution in [2.45, 2.75) is 32.4 Å². The first-order chi connectivity index (χ1) is 12.5. The van der Waals surface area contributed by atoms with Crippen LogP contribution in [0.15, 0.2) is 35.7 Å². The third kappa shape index (κ3) is 4.45. The van der Waals surface area contributed by atoms with E-state index in [4.69, 9.17) is 5.11 Å². The maximum absolute atomic E-state index is 12.0. The molecule has 0 atom stereocenters. The van der Waals surface area contributed by atoms with Crippen molar-refractivity contribution in [1.82, 2.24) is 15.6 Å². The van der Waals surface area contributed by atoms with Crippen molar-refractivity contribution in [2.75, 3.05) is 0 Å². The third-order valence-electron chi connectivity index (χ3n) is 4.31. The van der Waals surface area contributed by atoms with Crippen LogP contribution < -0.4 is 10.6 Å². The SMILES string of the molecule is O=C(CC1(C(=O)O)CC1)NCc1csc(CNC(=O)c2ccccc2)n1. The Balaban J connectivity index is 1.44. The quantitative estimate of drug-likeness (QED) is 0.655. The van der Waals surface area contributed by atoms with Gasteiger partial charge in [-0.15, -0.1) is 11.3 Å². The number of aliphatic carboxylic acids is 1. The number of rotatable bonds is 8. The van der Waals surface area contributed by atoms with E-state index in [1.165, 1.54) is 11.3 Å². The lowest BCUT2D eigenvalue weighted by molar-refractivity contribution is -0.145. The zero-order chi connectivity index (χ0) is 18.6. The number of thiazole rings is 1. The van der Waals surface area contributed by atoms with Gasteiger partial charge in [0.15, 0.2) is 0 Å². The lowest BCUT2D eigenvalue weighted by Gasteiger charge is -2.09. The van der Waals surface area contributed by atoms with Crippen molar-refractivity contribution in [1.29, 1.82) is 0 Å². The van der Waals surface area contributed by atoms with E-state index in [-0.39, 0.29) is 24.8 Å². The standard InChI is InChI=1S/C18H19N3O4S/c22-14(8-18(6-7-18)17(24)25)19-9-13-11-26-15(21-13)10-20-16(23)12-4-2-1-3-5-12/h1-5,11H,6-10H2,(H,19,22)(H,20,23)(H,24,25). The summed E-state index contributed by atoms with van der Waals surface area (Å²) in [5, 5.41) is 17.2. The molecule has 3 rings (SSSR count). The number of amides is 2. The van der Waals surface area contributed by atoms with Crippen molar-refractivity contribution in [2.24, 2.45) is 5.41 Å². The molecule has 3 N–H and O–H groups in total. The van der Waals surface area contributed by atoms with Gasteiger partial charge in [0.25, 0.3) is 5.91 Å². The van der Waals surface area contributed by atoms with Gasteiger partial charge in [0, 0.05) is 17.4 Å². The summed E-state index contributed by atoms with van der Waals surface area (Å²) in [6.45, 7) is 0.562. The number of nitrogens with zero attached hydrogens (tertiary/aromatic N) is 1. The Morgan fingerprint density at radius 1 is 1.12 bits per heavy atom. The molecule has 1 aromatic carbocycles. The van der Waals surface area contributed by atoms with E-state index in [1.54, 1.807) is 24.3 Å². The number of hydrogen-bond acceptors (Lipinski definition) is 5. The monoisotopic (exact) mass is 373 g/mol. The number of nitrogens with one attached hydrogen (secondary N) is 2. The molecule has 0 bridgehead atoms. The maximum atomic E-state index is 12.0. The molecule has 1 fully saturated rings. The molecule has 0 saturated heterocycles. The molecule has 7 nitrogen and oxygen atoms in total. The summed E-state index contributed by atoms with van der Waals surface area (Å²) < 4.78 is 0. The lowest BCUT2D eigenvalue weighted by Crippen LogP contribution is -2.29. The third-order valence-corrected chi connectivity index (χ3v) is 5.21. The van der Waals surface area contributed by atoms with Crippen molar-refractivity contribution in [3.8, 4) is 0 Å². The van der Waals surface area contributed by atoms with Crippen LogP contribution in [-0.2, 0) is 22.7 Å². The van der Waals surface area contributed by atoms with Gasteiger partial charge in [-0.2, -0.15) is 0 Å². The van der Waals surface area contributed by atoms with Crippen LogP contribution in [0.1, 0.15) is 40.3 Å².